The Morgan fingerprint density at radius 1 is 1.16 bits per heavy atom. The zero-order valence-corrected chi connectivity index (χ0v) is 15.6. The Bertz CT molecular complexity index is 861. The molecule has 0 N–H and O–H groups in total. The maximum absolute atomic E-state index is 13.2. The summed E-state index contributed by atoms with van der Waals surface area (Å²) < 4.78 is 1.02. The fourth-order valence-electron chi connectivity index (χ4n) is 3.40. The van der Waals surface area contributed by atoms with E-state index in [1.807, 2.05) is 41.3 Å². The van der Waals surface area contributed by atoms with E-state index in [1.165, 1.54) is 5.56 Å². The van der Waals surface area contributed by atoms with Crippen molar-refractivity contribution in [3.63, 3.8) is 0 Å². The van der Waals surface area contributed by atoms with E-state index in [0.29, 0.717) is 17.8 Å². The van der Waals surface area contributed by atoms with Gasteiger partial charge in [-0.05, 0) is 55.2 Å². The zero-order chi connectivity index (χ0) is 17.6. The smallest absolute Gasteiger partial charge is 0.260 e. The van der Waals surface area contributed by atoms with E-state index in [-0.39, 0.29) is 17.7 Å². The third-order valence-corrected chi connectivity index (χ3v) is 5.43. The normalized spacial score (nSPS) is 15.8. The largest absolute Gasteiger partial charge is 0.314 e. The van der Waals surface area contributed by atoms with Crippen LogP contribution in [0.1, 0.15) is 28.8 Å². The predicted molar refractivity (Wildman–Crippen MR) is 102 cm³/mol. The molecule has 2 amide bonds. The van der Waals surface area contributed by atoms with Crippen LogP contribution in [0.4, 0.5) is 11.4 Å². The molecule has 4 nitrogen and oxygen atoms in total. The van der Waals surface area contributed by atoms with Gasteiger partial charge in [0.2, 0.25) is 5.91 Å². The molecule has 0 radical (unpaired) electrons. The van der Waals surface area contributed by atoms with Gasteiger partial charge in [0.1, 0.15) is 0 Å². The number of para-hydroxylation sites is 1. The molecule has 1 aliphatic carbocycles. The second-order valence-corrected chi connectivity index (χ2v) is 7.58. The molecule has 4 rings (SSSR count). The molecule has 1 saturated carbocycles. The van der Waals surface area contributed by atoms with Crippen LogP contribution in [0.2, 0.25) is 0 Å². The molecule has 2 aromatic rings. The van der Waals surface area contributed by atoms with Crippen molar-refractivity contribution in [2.24, 2.45) is 5.92 Å². The highest BCUT2D eigenvalue weighted by atomic mass is 79.9. The predicted octanol–water partition coefficient (Wildman–Crippen LogP) is 4.02. The summed E-state index contributed by atoms with van der Waals surface area (Å²) in [6.45, 7) is 0.666. The number of halogens is 1. The van der Waals surface area contributed by atoms with Crippen LogP contribution in [-0.2, 0) is 11.2 Å². The molecule has 0 bridgehead atoms. The molecule has 1 aliphatic heterocycles. The topological polar surface area (TPSA) is 40.6 Å². The maximum Gasteiger partial charge on any atom is 0.260 e. The number of hydrogen-bond acceptors (Lipinski definition) is 2. The van der Waals surface area contributed by atoms with Gasteiger partial charge in [-0.25, -0.2) is 0 Å². The summed E-state index contributed by atoms with van der Waals surface area (Å²) >= 11 is 3.49. The summed E-state index contributed by atoms with van der Waals surface area (Å²) in [6, 6.07) is 13.4. The molecule has 0 unspecified atom stereocenters. The lowest BCUT2D eigenvalue weighted by atomic mass is 10.1. The van der Waals surface area contributed by atoms with Crippen LogP contribution >= 0.6 is 15.9 Å². The van der Waals surface area contributed by atoms with Crippen molar-refractivity contribution in [1.82, 2.24) is 0 Å². The monoisotopic (exact) mass is 398 g/mol. The van der Waals surface area contributed by atoms with Crippen molar-refractivity contribution in [2.45, 2.75) is 19.3 Å². The third kappa shape index (κ3) is 2.97. The first-order valence-electron chi connectivity index (χ1n) is 8.53. The first-order valence-corrected chi connectivity index (χ1v) is 9.32. The molecule has 2 aromatic carbocycles. The van der Waals surface area contributed by atoms with Gasteiger partial charge in [-0.2, -0.15) is 0 Å². The summed E-state index contributed by atoms with van der Waals surface area (Å²) in [5, 5.41) is 0. The fraction of sp³-hybridized carbons (Fsp3) is 0.300. The van der Waals surface area contributed by atoms with Crippen LogP contribution in [0.25, 0.3) is 0 Å². The molecule has 2 aliphatic rings. The van der Waals surface area contributed by atoms with Crippen LogP contribution in [0.3, 0.4) is 0 Å². The van der Waals surface area contributed by atoms with E-state index in [4.69, 9.17) is 0 Å². The molecule has 128 valence electrons. The number of anilines is 2. The Balaban J connectivity index is 1.67. The van der Waals surface area contributed by atoms with Gasteiger partial charge in [0.25, 0.3) is 5.91 Å². The van der Waals surface area contributed by atoms with Crippen LogP contribution in [0.15, 0.2) is 46.9 Å². The Hall–Kier alpha value is -2.14. The second-order valence-electron chi connectivity index (χ2n) is 6.67. The minimum absolute atomic E-state index is 0.0490. The Kier molecular flexibility index (Phi) is 4.12. The highest BCUT2D eigenvalue weighted by Crippen LogP contribution is 2.35. The van der Waals surface area contributed by atoms with E-state index in [1.54, 1.807) is 11.9 Å². The minimum Gasteiger partial charge on any atom is -0.314 e. The SMILES string of the molecule is CN(C(=O)C1CC1)c1ccccc1C(=O)N1CCc2cc(Br)ccc21. The van der Waals surface area contributed by atoms with Crippen LogP contribution < -0.4 is 9.80 Å². The number of nitrogens with zero attached hydrogens (tertiary/aromatic N) is 2. The Morgan fingerprint density at radius 2 is 1.92 bits per heavy atom. The van der Waals surface area contributed by atoms with Gasteiger partial charge in [0.15, 0.2) is 0 Å². The van der Waals surface area contributed by atoms with Crippen molar-refractivity contribution < 1.29 is 9.59 Å². The minimum atomic E-state index is -0.0490. The quantitative estimate of drug-likeness (QED) is 0.782. The molecule has 0 atom stereocenters. The summed E-state index contributed by atoms with van der Waals surface area (Å²) in [4.78, 5) is 29.1. The number of amides is 2. The van der Waals surface area contributed by atoms with Gasteiger partial charge in [0, 0.05) is 29.7 Å². The van der Waals surface area contributed by atoms with Crippen molar-refractivity contribution in [3.8, 4) is 0 Å². The molecule has 1 fully saturated rings. The number of carbonyl (C=O) groups excluding carboxylic acids is 2. The average Bonchev–Trinajstić information content (AvgIpc) is 3.40. The molecule has 0 aromatic heterocycles. The van der Waals surface area contributed by atoms with Gasteiger partial charge in [-0.15, -0.1) is 0 Å². The molecule has 1 heterocycles. The van der Waals surface area contributed by atoms with E-state index < -0.39 is 0 Å². The highest BCUT2D eigenvalue weighted by molar-refractivity contribution is 9.10. The van der Waals surface area contributed by atoms with Crippen molar-refractivity contribution in [2.75, 3.05) is 23.4 Å². The van der Waals surface area contributed by atoms with Crippen molar-refractivity contribution in [3.05, 3.63) is 58.1 Å². The summed E-state index contributed by atoms with van der Waals surface area (Å²) in [5.41, 5.74) is 3.39. The molecule has 0 spiro atoms. The average molecular weight is 399 g/mol. The van der Waals surface area contributed by atoms with Gasteiger partial charge in [0.05, 0.1) is 11.3 Å². The van der Waals surface area contributed by atoms with Crippen LogP contribution in [0, 0.1) is 5.92 Å². The molecular formula is C20H19BrN2O2. The highest BCUT2D eigenvalue weighted by Gasteiger charge is 2.34. The number of benzene rings is 2. The van der Waals surface area contributed by atoms with Crippen molar-refractivity contribution in [1.29, 1.82) is 0 Å². The Morgan fingerprint density at radius 3 is 2.68 bits per heavy atom. The summed E-state index contributed by atoms with van der Waals surface area (Å²) in [6.07, 6.45) is 2.75. The second kappa shape index (κ2) is 6.30. The fourth-order valence-corrected chi connectivity index (χ4v) is 3.81. The first kappa shape index (κ1) is 16.3. The lowest BCUT2D eigenvalue weighted by molar-refractivity contribution is -0.119. The molecule has 25 heavy (non-hydrogen) atoms. The molecule has 0 saturated heterocycles. The number of rotatable bonds is 3. The van der Waals surface area contributed by atoms with Gasteiger partial charge < -0.3 is 9.80 Å². The molecular weight excluding hydrogens is 380 g/mol. The standard InChI is InChI=1S/C20H19BrN2O2/c1-22(19(24)13-6-7-13)18-5-3-2-4-16(18)20(25)23-11-10-14-12-15(21)8-9-17(14)23/h2-5,8-9,12-13H,6-7,10-11H2,1H3. The summed E-state index contributed by atoms with van der Waals surface area (Å²) in [5.74, 6) is 0.177. The van der Waals surface area contributed by atoms with E-state index >= 15 is 0 Å². The third-order valence-electron chi connectivity index (χ3n) is 4.94. The van der Waals surface area contributed by atoms with Crippen LogP contribution in [-0.4, -0.2) is 25.4 Å². The maximum atomic E-state index is 13.2. The van der Waals surface area contributed by atoms with Crippen LogP contribution in [0.5, 0.6) is 0 Å². The Labute approximate surface area is 155 Å². The number of hydrogen-bond donors (Lipinski definition) is 0. The van der Waals surface area contributed by atoms with E-state index in [2.05, 4.69) is 22.0 Å². The van der Waals surface area contributed by atoms with E-state index in [9.17, 15) is 9.59 Å². The number of fused-ring (bicyclic) bond motifs is 1. The van der Waals surface area contributed by atoms with Gasteiger partial charge in [-0.3, -0.25) is 9.59 Å². The summed E-state index contributed by atoms with van der Waals surface area (Å²) in [7, 11) is 1.77. The molecule has 5 heteroatoms. The lowest BCUT2D eigenvalue weighted by Crippen LogP contribution is -2.33. The number of carbonyl (C=O) groups is 2. The van der Waals surface area contributed by atoms with Crippen molar-refractivity contribution >= 4 is 39.1 Å². The van der Waals surface area contributed by atoms with E-state index in [0.717, 1.165) is 29.4 Å². The van der Waals surface area contributed by atoms with Gasteiger partial charge >= 0.3 is 0 Å². The zero-order valence-electron chi connectivity index (χ0n) is 14.0. The van der Waals surface area contributed by atoms with Gasteiger partial charge in [-0.1, -0.05) is 28.1 Å². The lowest BCUT2D eigenvalue weighted by Gasteiger charge is -2.23. The first-order chi connectivity index (χ1) is 12.1.